The molecule has 2 aromatic rings. The summed E-state index contributed by atoms with van der Waals surface area (Å²) in [6, 6.07) is 9.95. The largest absolute Gasteiger partial charge is 0.491 e. The van der Waals surface area contributed by atoms with Gasteiger partial charge in [-0.15, -0.1) is 11.3 Å². The van der Waals surface area contributed by atoms with Crippen molar-refractivity contribution in [3.8, 4) is 5.75 Å². The molecule has 1 N–H and O–H groups in total. The minimum absolute atomic E-state index is 0.0389. The first-order chi connectivity index (χ1) is 17.0. The zero-order valence-corrected chi connectivity index (χ0v) is 23.8. The molecular weight excluding hydrogens is 470 g/mol. The summed E-state index contributed by atoms with van der Waals surface area (Å²) in [5.74, 6) is 1.54. The van der Waals surface area contributed by atoms with E-state index in [9.17, 15) is 9.59 Å². The average Bonchev–Trinajstić information content (AvgIpc) is 3.30. The highest BCUT2D eigenvalue weighted by molar-refractivity contribution is 7.10. The summed E-state index contributed by atoms with van der Waals surface area (Å²) in [4.78, 5) is 31.6. The van der Waals surface area contributed by atoms with Crippen LogP contribution in [-0.4, -0.2) is 53.5 Å². The minimum atomic E-state index is -0.369. The van der Waals surface area contributed by atoms with E-state index in [1.54, 1.807) is 16.2 Å². The summed E-state index contributed by atoms with van der Waals surface area (Å²) in [6.45, 7) is 16.1. The number of amides is 3. The smallest absolute Gasteiger partial charge is 0.318 e. The van der Waals surface area contributed by atoms with Crippen molar-refractivity contribution in [2.75, 3.05) is 26.2 Å². The Morgan fingerprint density at radius 3 is 2.47 bits per heavy atom. The molecule has 3 rings (SSSR count). The van der Waals surface area contributed by atoms with Gasteiger partial charge in [0.05, 0.1) is 6.04 Å². The van der Waals surface area contributed by atoms with E-state index in [1.165, 1.54) is 10.4 Å². The molecule has 198 valence electrons. The summed E-state index contributed by atoms with van der Waals surface area (Å²) < 4.78 is 6.20. The second-order valence-corrected chi connectivity index (χ2v) is 12.3. The maximum atomic E-state index is 13.7. The van der Waals surface area contributed by atoms with Crippen molar-refractivity contribution in [2.24, 2.45) is 5.92 Å². The van der Waals surface area contributed by atoms with Crippen LogP contribution in [0, 0.1) is 5.92 Å². The van der Waals surface area contributed by atoms with Gasteiger partial charge in [0.2, 0.25) is 5.91 Å². The summed E-state index contributed by atoms with van der Waals surface area (Å²) in [7, 11) is 0. The molecule has 6 nitrogen and oxygen atoms in total. The van der Waals surface area contributed by atoms with Gasteiger partial charge in [-0.1, -0.05) is 46.2 Å². The molecule has 0 saturated carbocycles. The van der Waals surface area contributed by atoms with Gasteiger partial charge in [-0.25, -0.2) is 4.79 Å². The first-order valence-corrected chi connectivity index (χ1v) is 14.0. The number of urea groups is 1. The molecule has 1 aliphatic heterocycles. The van der Waals surface area contributed by atoms with Gasteiger partial charge in [-0.05, 0) is 73.7 Å². The maximum Gasteiger partial charge on any atom is 0.318 e. The summed E-state index contributed by atoms with van der Waals surface area (Å²) in [5.41, 5.74) is 2.06. The number of rotatable bonds is 9. The molecule has 2 atom stereocenters. The van der Waals surface area contributed by atoms with E-state index < -0.39 is 0 Å². The van der Waals surface area contributed by atoms with Gasteiger partial charge >= 0.3 is 6.03 Å². The zero-order chi connectivity index (χ0) is 26.5. The Morgan fingerprint density at radius 1 is 1.17 bits per heavy atom. The molecule has 36 heavy (non-hydrogen) atoms. The van der Waals surface area contributed by atoms with Crippen LogP contribution in [-0.2, 0) is 11.2 Å². The number of nitrogens with zero attached hydrogens (tertiary/aromatic N) is 2. The Balaban J connectivity index is 1.76. The standard InChI is InChI=1S/C29H43N3O3S/c1-8-21(4)17-31(28(34)30-29(5,6)7)18-27(33)32-15-13-26-24(14-16-36-26)25(32)19-35-23-11-9-22(10-12-23)20(2)3/h9-12,14,16,20-21,25H,8,13,15,17-19H2,1-7H3,(H,30,34)/t21-,25-/m0/s1. The molecule has 1 aliphatic rings. The van der Waals surface area contributed by atoms with Crippen molar-refractivity contribution in [1.29, 1.82) is 0 Å². The average molecular weight is 514 g/mol. The van der Waals surface area contributed by atoms with Gasteiger partial charge in [0, 0.05) is 23.5 Å². The molecule has 2 heterocycles. The van der Waals surface area contributed by atoms with Crippen molar-refractivity contribution in [3.05, 3.63) is 51.7 Å². The van der Waals surface area contributed by atoms with Crippen molar-refractivity contribution >= 4 is 23.3 Å². The first kappa shape index (κ1) is 28.0. The van der Waals surface area contributed by atoms with Gasteiger partial charge < -0.3 is 19.9 Å². The van der Waals surface area contributed by atoms with Crippen LogP contribution in [0.15, 0.2) is 35.7 Å². The van der Waals surface area contributed by atoms with Gasteiger partial charge in [0.25, 0.3) is 0 Å². The molecule has 1 aromatic carbocycles. The second kappa shape index (κ2) is 12.1. The molecule has 1 aromatic heterocycles. The quantitative estimate of drug-likeness (QED) is 0.432. The number of thiophene rings is 1. The maximum absolute atomic E-state index is 13.7. The highest BCUT2D eigenvalue weighted by Gasteiger charge is 2.34. The number of carbonyl (C=O) groups excluding carboxylic acids is 2. The predicted molar refractivity (Wildman–Crippen MR) is 148 cm³/mol. The molecule has 0 unspecified atom stereocenters. The van der Waals surface area contributed by atoms with Crippen molar-refractivity contribution in [2.45, 2.75) is 78.8 Å². The van der Waals surface area contributed by atoms with Gasteiger partial charge in [-0.2, -0.15) is 0 Å². The third kappa shape index (κ3) is 7.48. The minimum Gasteiger partial charge on any atom is -0.491 e. The van der Waals surface area contributed by atoms with Crippen molar-refractivity contribution in [3.63, 3.8) is 0 Å². The Bertz CT molecular complexity index is 1010. The van der Waals surface area contributed by atoms with E-state index in [0.29, 0.717) is 31.5 Å². The number of hydrogen-bond donors (Lipinski definition) is 1. The van der Waals surface area contributed by atoms with Crippen molar-refractivity contribution < 1.29 is 14.3 Å². The van der Waals surface area contributed by atoms with E-state index in [1.807, 2.05) is 37.8 Å². The molecule has 0 spiro atoms. The number of carbonyl (C=O) groups is 2. The molecule has 0 bridgehead atoms. The van der Waals surface area contributed by atoms with Crippen LogP contribution in [0.25, 0.3) is 0 Å². The van der Waals surface area contributed by atoms with Crippen LogP contribution in [0.2, 0.25) is 0 Å². The Kier molecular flexibility index (Phi) is 9.45. The Labute approximate surface area is 221 Å². The molecular formula is C29H43N3O3S. The lowest BCUT2D eigenvalue weighted by Gasteiger charge is -2.37. The lowest BCUT2D eigenvalue weighted by atomic mass is 10.00. The fraction of sp³-hybridized carbons (Fsp3) is 0.586. The number of hydrogen-bond acceptors (Lipinski definition) is 4. The topological polar surface area (TPSA) is 61.9 Å². The lowest BCUT2D eigenvalue weighted by Crippen LogP contribution is -2.53. The van der Waals surface area contributed by atoms with Gasteiger partial charge in [0.1, 0.15) is 18.9 Å². The fourth-order valence-electron chi connectivity index (χ4n) is 4.38. The summed E-state index contributed by atoms with van der Waals surface area (Å²) in [5, 5.41) is 5.12. The SMILES string of the molecule is CC[C@H](C)CN(CC(=O)N1CCc2sccc2[C@@H]1COc1ccc(C(C)C)cc1)C(=O)NC(C)(C)C. The molecule has 0 saturated heterocycles. The van der Waals surface area contributed by atoms with Crippen LogP contribution in [0.1, 0.15) is 82.9 Å². The Hall–Kier alpha value is -2.54. The predicted octanol–water partition coefficient (Wildman–Crippen LogP) is 6.23. The van der Waals surface area contributed by atoms with Crippen LogP contribution < -0.4 is 10.1 Å². The normalized spacial score (nSPS) is 16.4. The second-order valence-electron chi connectivity index (χ2n) is 11.3. The number of benzene rings is 1. The lowest BCUT2D eigenvalue weighted by molar-refractivity contribution is -0.135. The highest BCUT2D eigenvalue weighted by Crippen LogP contribution is 2.34. The van der Waals surface area contributed by atoms with Crippen LogP contribution >= 0.6 is 11.3 Å². The molecule has 7 heteroatoms. The fourth-order valence-corrected chi connectivity index (χ4v) is 5.31. The molecule has 0 aliphatic carbocycles. The van der Waals surface area contributed by atoms with E-state index >= 15 is 0 Å². The third-order valence-corrected chi connectivity index (χ3v) is 7.69. The van der Waals surface area contributed by atoms with Crippen LogP contribution in [0.3, 0.4) is 0 Å². The van der Waals surface area contributed by atoms with Gasteiger partial charge in [-0.3, -0.25) is 4.79 Å². The molecule has 0 radical (unpaired) electrons. The molecule has 0 fully saturated rings. The van der Waals surface area contributed by atoms with Crippen LogP contribution in [0.4, 0.5) is 4.79 Å². The first-order valence-electron chi connectivity index (χ1n) is 13.1. The van der Waals surface area contributed by atoms with Gasteiger partial charge in [0.15, 0.2) is 0 Å². The third-order valence-electron chi connectivity index (χ3n) is 6.69. The zero-order valence-electron chi connectivity index (χ0n) is 23.0. The number of fused-ring (bicyclic) bond motifs is 1. The Morgan fingerprint density at radius 2 is 1.86 bits per heavy atom. The monoisotopic (exact) mass is 513 g/mol. The van der Waals surface area contributed by atoms with E-state index in [4.69, 9.17) is 4.74 Å². The van der Waals surface area contributed by atoms with E-state index in [-0.39, 0.29) is 30.1 Å². The summed E-state index contributed by atoms with van der Waals surface area (Å²) in [6.07, 6.45) is 1.78. The van der Waals surface area contributed by atoms with E-state index in [0.717, 1.165) is 24.2 Å². The summed E-state index contributed by atoms with van der Waals surface area (Å²) >= 11 is 1.74. The molecule has 3 amide bonds. The number of ether oxygens (including phenoxy) is 1. The van der Waals surface area contributed by atoms with E-state index in [2.05, 4.69) is 56.6 Å². The van der Waals surface area contributed by atoms with Crippen molar-refractivity contribution in [1.82, 2.24) is 15.1 Å². The highest BCUT2D eigenvalue weighted by atomic mass is 32.1. The van der Waals surface area contributed by atoms with Crippen LogP contribution in [0.5, 0.6) is 5.75 Å². The number of nitrogens with one attached hydrogen (secondary N) is 1.